The molecule has 3 nitrogen and oxygen atoms in total. The zero-order chi connectivity index (χ0) is 10.3. The maximum atomic E-state index is 4.31. The van der Waals surface area contributed by atoms with Gasteiger partial charge in [-0.2, -0.15) is 0 Å². The van der Waals surface area contributed by atoms with Gasteiger partial charge in [0, 0.05) is 6.04 Å². The van der Waals surface area contributed by atoms with E-state index in [9.17, 15) is 0 Å². The van der Waals surface area contributed by atoms with Gasteiger partial charge in [-0.15, -0.1) is 11.3 Å². The van der Waals surface area contributed by atoms with Crippen LogP contribution in [0.15, 0.2) is 17.8 Å². The largest absolute Gasteiger partial charge is 0.367 e. The fourth-order valence-corrected chi connectivity index (χ4v) is 2.85. The second-order valence-corrected chi connectivity index (χ2v) is 5.17. The third-order valence-corrected chi connectivity index (χ3v) is 3.80. The molecule has 0 amide bonds. The molecule has 1 aliphatic carbocycles. The highest BCUT2D eigenvalue weighted by molar-refractivity contribution is 7.16. The van der Waals surface area contributed by atoms with Gasteiger partial charge in [-0.3, -0.25) is 0 Å². The van der Waals surface area contributed by atoms with Gasteiger partial charge in [0.15, 0.2) is 0 Å². The zero-order valence-electron chi connectivity index (χ0n) is 8.60. The van der Waals surface area contributed by atoms with E-state index >= 15 is 0 Å². The summed E-state index contributed by atoms with van der Waals surface area (Å²) < 4.78 is 0. The van der Waals surface area contributed by atoms with Crippen LogP contribution in [0.25, 0.3) is 10.2 Å². The van der Waals surface area contributed by atoms with Gasteiger partial charge in [0.2, 0.25) is 0 Å². The van der Waals surface area contributed by atoms with Crippen LogP contribution >= 0.6 is 11.3 Å². The normalized spacial score (nSPS) is 25.1. The Morgan fingerprint density at radius 2 is 2.27 bits per heavy atom. The SMILES string of the molecule is CC1CC(Nc2ncnc3sccc23)C1. The molecule has 1 N–H and O–H groups in total. The number of nitrogens with zero attached hydrogens (tertiary/aromatic N) is 2. The van der Waals surface area contributed by atoms with E-state index in [1.165, 1.54) is 12.8 Å². The molecule has 1 saturated carbocycles. The second kappa shape index (κ2) is 3.45. The molecule has 1 aliphatic rings. The molecule has 78 valence electrons. The van der Waals surface area contributed by atoms with Gasteiger partial charge < -0.3 is 5.32 Å². The molecular formula is C11H13N3S. The lowest BCUT2D eigenvalue weighted by atomic mass is 9.82. The van der Waals surface area contributed by atoms with E-state index in [2.05, 4.69) is 33.7 Å². The van der Waals surface area contributed by atoms with Gasteiger partial charge in [0.05, 0.1) is 5.39 Å². The average molecular weight is 219 g/mol. The minimum atomic E-state index is 0.609. The van der Waals surface area contributed by atoms with E-state index in [1.807, 2.05) is 0 Å². The van der Waals surface area contributed by atoms with Gasteiger partial charge in [-0.25, -0.2) is 9.97 Å². The number of rotatable bonds is 2. The van der Waals surface area contributed by atoms with E-state index < -0.39 is 0 Å². The summed E-state index contributed by atoms with van der Waals surface area (Å²) in [6.07, 6.45) is 4.16. The van der Waals surface area contributed by atoms with Crippen LogP contribution in [0.3, 0.4) is 0 Å². The Labute approximate surface area is 92.6 Å². The Balaban J connectivity index is 1.87. The van der Waals surface area contributed by atoms with Crippen molar-refractivity contribution in [2.45, 2.75) is 25.8 Å². The number of aromatic nitrogens is 2. The third-order valence-electron chi connectivity index (χ3n) is 2.98. The average Bonchev–Trinajstić information content (AvgIpc) is 2.64. The van der Waals surface area contributed by atoms with Crippen molar-refractivity contribution in [1.82, 2.24) is 9.97 Å². The smallest absolute Gasteiger partial charge is 0.138 e. The predicted molar refractivity (Wildman–Crippen MR) is 63.2 cm³/mol. The Morgan fingerprint density at radius 1 is 1.40 bits per heavy atom. The highest BCUT2D eigenvalue weighted by Gasteiger charge is 2.25. The van der Waals surface area contributed by atoms with Gasteiger partial charge in [-0.1, -0.05) is 6.92 Å². The van der Waals surface area contributed by atoms with E-state index in [-0.39, 0.29) is 0 Å². The number of thiophene rings is 1. The topological polar surface area (TPSA) is 37.8 Å². The Bertz CT molecular complexity index is 473. The number of hydrogen-bond donors (Lipinski definition) is 1. The van der Waals surface area contributed by atoms with Crippen LogP contribution < -0.4 is 5.32 Å². The van der Waals surface area contributed by atoms with Crippen molar-refractivity contribution in [2.24, 2.45) is 5.92 Å². The molecule has 0 spiro atoms. The van der Waals surface area contributed by atoms with E-state index in [4.69, 9.17) is 0 Å². The van der Waals surface area contributed by atoms with Crippen molar-refractivity contribution in [3.8, 4) is 0 Å². The molecule has 0 bridgehead atoms. The zero-order valence-corrected chi connectivity index (χ0v) is 9.42. The van der Waals surface area contributed by atoms with Crippen LogP contribution in [0.1, 0.15) is 19.8 Å². The first kappa shape index (κ1) is 9.09. The van der Waals surface area contributed by atoms with Crippen molar-refractivity contribution < 1.29 is 0 Å². The number of fused-ring (bicyclic) bond motifs is 1. The Hall–Kier alpha value is -1.16. The van der Waals surface area contributed by atoms with Crippen molar-refractivity contribution >= 4 is 27.4 Å². The van der Waals surface area contributed by atoms with Crippen LogP contribution in [0.2, 0.25) is 0 Å². The molecule has 0 atom stereocenters. The standard InChI is InChI=1S/C11H13N3S/c1-7-4-8(5-7)14-10-9-2-3-15-11(9)13-6-12-10/h2-3,6-8H,4-5H2,1H3,(H,12,13,14). The lowest BCUT2D eigenvalue weighted by molar-refractivity contribution is 0.309. The molecule has 3 rings (SSSR count). The Morgan fingerprint density at radius 3 is 3.07 bits per heavy atom. The third kappa shape index (κ3) is 1.59. The van der Waals surface area contributed by atoms with Crippen molar-refractivity contribution in [1.29, 1.82) is 0 Å². The molecule has 0 saturated heterocycles. The molecule has 2 heterocycles. The molecule has 15 heavy (non-hydrogen) atoms. The molecule has 4 heteroatoms. The fraction of sp³-hybridized carbons (Fsp3) is 0.455. The van der Waals surface area contributed by atoms with Crippen LogP contribution in [-0.4, -0.2) is 16.0 Å². The van der Waals surface area contributed by atoms with Crippen LogP contribution in [0.4, 0.5) is 5.82 Å². The van der Waals surface area contributed by atoms with Gasteiger partial charge in [-0.05, 0) is 30.2 Å². The predicted octanol–water partition coefficient (Wildman–Crippen LogP) is 2.90. The summed E-state index contributed by atoms with van der Waals surface area (Å²) in [4.78, 5) is 9.62. The summed E-state index contributed by atoms with van der Waals surface area (Å²) in [6.45, 7) is 2.29. The molecule has 0 aliphatic heterocycles. The van der Waals surface area contributed by atoms with Crippen LogP contribution in [0, 0.1) is 5.92 Å². The van der Waals surface area contributed by atoms with Crippen molar-refractivity contribution in [3.05, 3.63) is 17.8 Å². The van der Waals surface area contributed by atoms with Gasteiger partial charge in [0.25, 0.3) is 0 Å². The molecule has 0 aromatic carbocycles. The number of nitrogens with one attached hydrogen (secondary N) is 1. The molecule has 2 aromatic rings. The minimum absolute atomic E-state index is 0.609. The minimum Gasteiger partial charge on any atom is -0.367 e. The summed E-state index contributed by atoms with van der Waals surface area (Å²) in [6, 6.07) is 2.70. The maximum absolute atomic E-state index is 4.31. The molecule has 0 unspecified atom stereocenters. The van der Waals surface area contributed by atoms with Crippen molar-refractivity contribution in [3.63, 3.8) is 0 Å². The summed E-state index contributed by atoms with van der Waals surface area (Å²) in [5, 5.41) is 6.71. The monoisotopic (exact) mass is 219 g/mol. The van der Waals surface area contributed by atoms with Crippen LogP contribution in [-0.2, 0) is 0 Å². The summed E-state index contributed by atoms with van der Waals surface area (Å²) in [5.74, 6) is 1.86. The summed E-state index contributed by atoms with van der Waals surface area (Å²) in [5.41, 5.74) is 0. The lowest BCUT2D eigenvalue weighted by Gasteiger charge is -2.33. The maximum Gasteiger partial charge on any atom is 0.138 e. The highest BCUT2D eigenvalue weighted by Crippen LogP contribution is 2.31. The number of anilines is 1. The quantitative estimate of drug-likeness (QED) is 0.844. The highest BCUT2D eigenvalue weighted by atomic mass is 32.1. The first-order valence-electron chi connectivity index (χ1n) is 5.27. The summed E-state index contributed by atoms with van der Waals surface area (Å²) in [7, 11) is 0. The van der Waals surface area contributed by atoms with Gasteiger partial charge in [0.1, 0.15) is 17.0 Å². The molecule has 2 aromatic heterocycles. The Kier molecular flexibility index (Phi) is 2.09. The first-order valence-corrected chi connectivity index (χ1v) is 6.15. The first-order chi connectivity index (χ1) is 7.33. The number of hydrogen-bond acceptors (Lipinski definition) is 4. The van der Waals surface area contributed by atoms with E-state index in [1.54, 1.807) is 17.7 Å². The molecule has 0 radical (unpaired) electrons. The lowest BCUT2D eigenvalue weighted by Crippen LogP contribution is -2.34. The molecular weight excluding hydrogens is 206 g/mol. The van der Waals surface area contributed by atoms with Gasteiger partial charge >= 0.3 is 0 Å². The molecule has 1 fully saturated rings. The van der Waals surface area contributed by atoms with Crippen LogP contribution in [0.5, 0.6) is 0 Å². The van der Waals surface area contributed by atoms with Crippen molar-refractivity contribution in [2.75, 3.05) is 5.32 Å². The van der Waals surface area contributed by atoms with E-state index in [0.717, 1.165) is 22.0 Å². The second-order valence-electron chi connectivity index (χ2n) is 4.28. The fourth-order valence-electron chi connectivity index (χ4n) is 2.12. The summed E-state index contributed by atoms with van der Waals surface area (Å²) >= 11 is 1.66. The van der Waals surface area contributed by atoms with E-state index in [0.29, 0.717) is 6.04 Å².